The summed E-state index contributed by atoms with van der Waals surface area (Å²) in [5.41, 5.74) is 0.212. The minimum atomic E-state index is -0.857. The van der Waals surface area contributed by atoms with Crippen LogP contribution in [-0.2, 0) is 20.9 Å². The van der Waals surface area contributed by atoms with Crippen molar-refractivity contribution in [2.24, 2.45) is 5.41 Å². The highest BCUT2D eigenvalue weighted by Gasteiger charge is 2.44. The zero-order chi connectivity index (χ0) is 21.2. The molecule has 1 saturated heterocycles. The first-order valence-electron chi connectivity index (χ1n) is 9.52. The first-order valence-corrected chi connectivity index (χ1v) is 9.52. The second-order valence-electron chi connectivity index (χ2n) is 8.32. The molecule has 1 aliphatic heterocycles. The molecule has 2 heterocycles. The van der Waals surface area contributed by atoms with Gasteiger partial charge in [-0.3, -0.25) is 14.4 Å². The summed E-state index contributed by atoms with van der Waals surface area (Å²) < 4.78 is 10.5. The van der Waals surface area contributed by atoms with Gasteiger partial charge in [-0.05, 0) is 41.8 Å². The van der Waals surface area contributed by atoms with Crippen molar-refractivity contribution in [3.63, 3.8) is 0 Å². The Morgan fingerprint density at radius 3 is 2.45 bits per heavy atom. The summed E-state index contributed by atoms with van der Waals surface area (Å²) in [5.74, 6) is 0.267. The number of amides is 3. The summed E-state index contributed by atoms with van der Waals surface area (Å²) in [6.45, 7) is 6.02. The standard InChI is InChI=1S/C22H26N2O5/c1-22(2,3)13-20(26)23(14-17-6-5-11-29-17)18-12-19(25)24(21(18)27)15-7-9-16(28-4)10-8-15/h5-11,18H,12-14H2,1-4H3. The first-order chi connectivity index (χ1) is 13.7. The number of carbonyl (C=O) groups is 3. The van der Waals surface area contributed by atoms with Gasteiger partial charge in [-0.1, -0.05) is 20.8 Å². The molecule has 1 aromatic carbocycles. The molecule has 1 atom stereocenters. The van der Waals surface area contributed by atoms with E-state index in [-0.39, 0.29) is 36.6 Å². The highest BCUT2D eigenvalue weighted by molar-refractivity contribution is 6.23. The average molecular weight is 398 g/mol. The molecule has 0 spiro atoms. The fourth-order valence-corrected chi connectivity index (χ4v) is 3.36. The van der Waals surface area contributed by atoms with Crippen LogP contribution in [0, 0.1) is 5.41 Å². The molecule has 0 aliphatic carbocycles. The van der Waals surface area contributed by atoms with Crippen LogP contribution in [0.3, 0.4) is 0 Å². The van der Waals surface area contributed by atoms with E-state index in [2.05, 4.69) is 0 Å². The number of hydrogen-bond acceptors (Lipinski definition) is 5. The van der Waals surface area contributed by atoms with Gasteiger partial charge in [0.05, 0.1) is 32.0 Å². The van der Waals surface area contributed by atoms with Crippen molar-refractivity contribution in [1.82, 2.24) is 4.90 Å². The maximum Gasteiger partial charge on any atom is 0.257 e. The van der Waals surface area contributed by atoms with E-state index in [1.165, 1.54) is 11.2 Å². The van der Waals surface area contributed by atoms with Gasteiger partial charge in [-0.15, -0.1) is 0 Å². The molecule has 154 valence electrons. The van der Waals surface area contributed by atoms with Crippen LogP contribution in [0.1, 0.15) is 39.4 Å². The SMILES string of the molecule is COc1ccc(N2C(=O)CC(N(Cc3ccco3)C(=O)CC(C)(C)C)C2=O)cc1. The van der Waals surface area contributed by atoms with E-state index in [4.69, 9.17) is 9.15 Å². The third-order valence-electron chi connectivity index (χ3n) is 4.74. The lowest BCUT2D eigenvalue weighted by Crippen LogP contribution is -2.45. The van der Waals surface area contributed by atoms with E-state index in [9.17, 15) is 14.4 Å². The van der Waals surface area contributed by atoms with Crippen molar-refractivity contribution in [2.45, 2.75) is 46.2 Å². The second-order valence-corrected chi connectivity index (χ2v) is 8.32. The van der Waals surface area contributed by atoms with Crippen molar-refractivity contribution in [3.05, 3.63) is 48.4 Å². The summed E-state index contributed by atoms with van der Waals surface area (Å²) in [6.07, 6.45) is 1.72. The number of carbonyl (C=O) groups excluding carboxylic acids is 3. The molecule has 1 aliphatic rings. The molecule has 2 aromatic rings. The number of rotatable bonds is 6. The molecule has 1 fully saturated rings. The van der Waals surface area contributed by atoms with Gasteiger partial charge < -0.3 is 14.1 Å². The predicted octanol–water partition coefficient (Wildman–Crippen LogP) is 3.39. The number of furan rings is 1. The minimum absolute atomic E-state index is 0.0541. The third-order valence-corrected chi connectivity index (χ3v) is 4.74. The molecule has 0 radical (unpaired) electrons. The van der Waals surface area contributed by atoms with Crippen molar-refractivity contribution in [1.29, 1.82) is 0 Å². The largest absolute Gasteiger partial charge is 0.497 e. The van der Waals surface area contributed by atoms with Crippen molar-refractivity contribution in [3.8, 4) is 5.75 Å². The molecule has 0 saturated carbocycles. The Labute approximate surface area is 170 Å². The van der Waals surface area contributed by atoms with Crippen LogP contribution < -0.4 is 9.64 Å². The average Bonchev–Trinajstić information content (AvgIpc) is 3.26. The Hall–Kier alpha value is -3.09. The number of hydrogen-bond donors (Lipinski definition) is 0. The van der Waals surface area contributed by atoms with Crippen LogP contribution in [0.5, 0.6) is 5.75 Å². The van der Waals surface area contributed by atoms with Crippen molar-refractivity contribution < 1.29 is 23.5 Å². The molecule has 7 nitrogen and oxygen atoms in total. The molecule has 1 unspecified atom stereocenters. The predicted molar refractivity (Wildman–Crippen MR) is 107 cm³/mol. The van der Waals surface area contributed by atoms with Gasteiger partial charge in [0.15, 0.2) is 0 Å². The summed E-state index contributed by atoms with van der Waals surface area (Å²) >= 11 is 0. The fraction of sp³-hybridized carbons (Fsp3) is 0.409. The number of imide groups is 1. The molecule has 7 heteroatoms. The summed E-state index contributed by atoms with van der Waals surface area (Å²) in [4.78, 5) is 41.5. The molecule has 3 amide bonds. The van der Waals surface area contributed by atoms with Crippen LogP contribution in [0.2, 0.25) is 0 Å². The molecule has 0 bridgehead atoms. The molecular formula is C22H26N2O5. The van der Waals surface area contributed by atoms with Gasteiger partial charge in [0.25, 0.3) is 5.91 Å². The number of anilines is 1. The number of ether oxygens (including phenoxy) is 1. The van der Waals surface area contributed by atoms with Crippen LogP contribution in [0.25, 0.3) is 0 Å². The van der Waals surface area contributed by atoms with Crippen LogP contribution >= 0.6 is 0 Å². The van der Waals surface area contributed by atoms with Gasteiger partial charge in [0.2, 0.25) is 11.8 Å². The van der Waals surface area contributed by atoms with Crippen LogP contribution in [0.4, 0.5) is 5.69 Å². The Bertz CT molecular complexity index is 881. The van der Waals surface area contributed by atoms with Gasteiger partial charge in [-0.2, -0.15) is 0 Å². The number of methoxy groups -OCH3 is 1. The summed E-state index contributed by atoms with van der Waals surface area (Å²) in [5, 5.41) is 0. The maximum atomic E-state index is 13.2. The van der Waals surface area contributed by atoms with Gasteiger partial charge in [-0.25, -0.2) is 4.90 Å². The zero-order valence-electron chi connectivity index (χ0n) is 17.2. The van der Waals surface area contributed by atoms with Crippen molar-refractivity contribution in [2.75, 3.05) is 12.0 Å². The lowest BCUT2D eigenvalue weighted by Gasteiger charge is -2.29. The maximum absolute atomic E-state index is 13.2. The van der Waals surface area contributed by atoms with E-state index in [1.54, 1.807) is 43.5 Å². The highest BCUT2D eigenvalue weighted by Crippen LogP contribution is 2.30. The Morgan fingerprint density at radius 2 is 1.90 bits per heavy atom. The summed E-state index contributed by atoms with van der Waals surface area (Å²) in [7, 11) is 1.55. The number of benzene rings is 1. The number of nitrogens with zero attached hydrogens (tertiary/aromatic N) is 2. The summed E-state index contributed by atoms with van der Waals surface area (Å²) in [6, 6.07) is 9.32. The van der Waals surface area contributed by atoms with E-state index >= 15 is 0 Å². The fourth-order valence-electron chi connectivity index (χ4n) is 3.36. The molecular weight excluding hydrogens is 372 g/mol. The Balaban J connectivity index is 1.87. The quantitative estimate of drug-likeness (QED) is 0.697. The van der Waals surface area contributed by atoms with Gasteiger partial charge >= 0.3 is 0 Å². The molecule has 3 rings (SSSR count). The first kappa shape index (κ1) is 20.6. The van der Waals surface area contributed by atoms with E-state index in [0.717, 1.165) is 4.90 Å². The topological polar surface area (TPSA) is 80.1 Å². The molecule has 29 heavy (non-hydrogen) atoms. The second kappa shape index (κ2) is 8.11. The van der Waals surface area contributed by atoms with E-state index in [1.807, 2.05) is 20.8 Å². The zero-order valence-corrected chi connectivity index (χ0v) is 17.2. The lowest BCUT2D eigenvalue weighted by molar-refractivity contribution is -0.140. The smallest absolute Gasteiger partial charge is 0.257 e. The van der Waals surface area contributed by atoms with Crippen LogP contribution in [-0.4, -0.2) is 35.8 Å². The molecule has 1 aromatic heterocycles. The molecule has 0 N–H and O–H groups in total. The van der Waals surface area contributed by atoms with E-state index in [0.29, 0.717) is 17.2 Å². The normalized spacial score (nSPS) is 17.0. The van der Waals surface area contributed by atoms with Gasteiger partial charge in [0.1, 0.15) is 17.6 Å². The Kier molecular flexibility index (Phi) is 5.77. The lowest BCUT2D eigenvalue weighted by atomic mass is 9.91. The van der Waals surface area contributed by atoms with Gasteiger partial charge in [0, 0.05) is 6.42 Å². The van der Waals surface area contributed by atoms with Crippen molar-refractivity contribution >= 4 is 23.4 Å². The van der Waals surface area contributed by atoms with E-state index < -0.39 is 11.9 Å². The van der Waals surface area contributed by atoms with Crippen LogP contribution in [0.15, 0.2) is 47.1 Å². The third kappa shape index (κ3) is 4.67. The minimum Gasteiger partial charge on any atom is -0.497 e. The monoisotopic (exact) mass is 398 g/mol. The highest BCUT2D eigenvalue weighted by atomic mass is 16.5. The Morgan fingerprint density at radius 1 is 1.21 bits per heavy atom.